The molecule has 12 nitrogen and oxygen atoms in total. The van der Waals surface area contributed by atoms with Crippen molar-refractivity contribution >= 4 is 17.7 Å². The number of hydrogen-bond acceptors (Lipinski definition) is 8. The summed E-state index contributed by atoms with van der Waals surface area (Å²) in [6, 6.07) is 4.50. The Kier molecular flexibility index (Phi) is 8.72. The van der Waals surface area contributed by atoms with Gasteiger partial charge in [0.05, 0.1) is 25.8 Å². The molecule has 2 atom stereocenters. The van der Waals surface area contributed by atoms with E-state index in [0.717, 1.165) is 18.7 Å². The van der Waals surface area contributed by atoms with Gasteiger partial charge >= 0.3 is 0 Å². The number of carbonyl (C=O) groups is 3. The van der Waals surface area contributed by atoms with E-state index < -0.39 is 0 Å². The molecule has 2 fully saturated rings. The van der Waals surface area contributed by atoms with E-state index in [4.69, 9.17) is 9.47 Å². The third-order valence-electron chi connectivity index (χ3n) is 7.72. The van der Waals surface area contributed by atoms with Crippen molar-refractivity contribution in [1.82, 2.24) is 35.0 Å². The predicted octanol–water partition coefficient (Wildman–Crippen LogP) is 0.674. The number of pyridine rings is 1. The largest absolute Gasteiger partial charge is 0.475 e. The molecule has 0 unspecified atom stereocenters. The monoisotopic (exact) mass is 539 g/mol. The first-order chi connectivity index (χ1) is 19.0. The van der Waals surface area contributed by atoms with E-state index in [1.807, 2.05) is 9.80 Å². The highest BCUT2D eigenvalue weighted by molar-refractivity contribution is 5.92. The van der Waals surface area contributed by atoms with Gasteiger partial charge in [0.25, 0.3) is 5.91 Å². The van der Waals surface area contributed by atoms with E-state index in [0.29, 0.717) is 70.7 Å². The molecule has 0 radical (unpaired) electrons. The van der Waals surface area contributed by atoms with Crippen LogP contribution < -0.4 is 10.1 Å². The van der Waals surface area contributed by atoms with Gasteiger partial charge in [-0.15, -0.1) is 0 Å². The fourth-order valence-electron chi connectivity index (χ4n) is 5.62. The first-order valence-electron chi connectivity index (χ1n) is 13.7. The van der Waals surface area contributed by atoms with Crippen LogP contribution in [0.15, 0.2) is 30.6 Å². The minimum absolute atomic E-state index is 0.0236. The lowest BCUT2D eigenvalue weighted by Gasteiger charge is -2.37. The maximum atomic E-state index is 13.7. The van der Waals surface area contributed by atoms with Crippen molar-refractivity contribution in [3.05, 3.63) is 42.1 Å². The van der Waals surface area contributed by atoms with Crippen molar-refractivity contribution in [3.63, 3.8) is 0 Å². The number of hydrogen-bond donors (Lipinski definition) is 2. The molecule has 6 bridgehead atoms. The highest BCUT2D eigenvalue weighted by atomic mass is 16.5. The van der Waals surface area contributed by atoms with Gasteiger partial charge in [0, 0.05) is 64.1 Å². The summed E-state index contributed by atoms with van der Waals surface area (Å²) in [4.78, 5) is 56.8. The topological polar surface area (TPSA) is 133 Å². The molecule has 2 saturated heterocycles. The molecule has 6 rings (SSSR count). The Bertz CT molecular complexity index is 1140. The Morgan fingerprint density at radius 3 is 2.72 bits per heavy atom. The van der Waals surface area contributed by atoms with Gasteiger partial charge in [-0.1, -0.05) is 6.07 Å². The smallest absolute Gasteiger partial charge is 0.270 e. The molecule has 3 amide bonds. The van der Waals surface area contributed by atoms with E-state index in [1.165, 1.54) is 0 Å². The van der Waals surface area contributed by atoms with Crippen LogP contribution in [0.25, 0.3) is 0 Å². The number of likely N-dealkylation sites (tertiary alicyclic amines) is 1. The van der Waals surface area contributed by atoms with Gasteiger partial charge < -0.3 is 29.6 Å². The van der Waals surface area contributed by atoms with Crippen molar-refractivity contribution in [3.8, 4) is 5.88 Å². The summed E-state index contributed by atoms with van der Waals surface area (Å²) >= 11 is 0. The molecule has 2 N–H and O–H groups in total. The van der Waals surface area contributed by atoms with Crippen molar-refractivity contribution in [1.29, 1.82) is 0 Å². The predicted molar refractivity (Wildman–Crippen MR) is 141 cm³/mol. The molecule has 0 spiro atoms. The van der Waals surface area contributed by atoms with Crippen LogP contribution in [0.5, 0.6) is 5.88 Å². The highest BCUT2D eigenvalue weighted by Crippen LogP contribution is 2.26. The third kappa shape index (κ3) is 6.93. The number of rotatable bonds is 2. The number of amides is 3. The van der Waals surface area contributed by atoms with Crippen LogP contribution >= 0.6 is 0 Å². The van der Waals surface area contributed by atoms with Crippen LogP contribution in [0.3, 0.4) is 0 Å². The second kappa shape index (κ2) is 12.6. The van der Waals surface area contributed by atoms with Crippen molar-refractivity contribution in [2.75, 3.05) is 52.5 Å². The summed E-state index contributed by atoms with van der Waals surface area (Å²) in [6.07, 6.45) is 5.66. The fourth-order valence-corrected chi connectivity index (χ4v) is 5.62. The van der Waals surface area contributed by atoms with Crippen LogP contribution in [0.2, 0.25) is 0 Å². The number of H-pyrrole nitrogens is 1. The number of aromatic amines is 1. The summed E-state index contributed by atoms with van der Waals surface area (Å²) in [6.45, 7) is 6.12. The summed E-state index contributed by atoms with van der Waals surface area (Å²) < 4.78 is 11.4. The van der Waals surface area contributed by atoms with E-state index in [9.17, 15) is 14.4 Å². The molecule has 0 aliphatic carbocycles. The van der Waals surface area contributed by atoms with Crippen LogP contribution in [-0.2, 0) is 20.9 Å². The number of ether oxygens (including phenoxy) is 2. The number of aromatic nitrogens is 3. The summed E-state index contributed by atoms with van der Waals surface area (Å²) in [5.74, 6) is 1.25. The fraction of sp³-hybridized carbons (Fsp3) is 0.593. The lowest BCUT2D eigenvalue weighted by molar-refractivity contribution is -0.138. The Labute approximate surface area is 228 Å². The molecule has 210 valence electrons. The highest BCUT2D eigenvalue weighted by Gasteiger charge is 2.40. The quantitative estimate of drug-likeness (QED) is 0.533. The number of carbonyl (C=O) groups excluding carboxylic acids is 3. The van der Waals surface area contributed by atoms with Gasteiger partial charge in [0.15, 0.2) is 0 Å². The van der Waals surface area contributed by atoms with Gasteiger partial charge in [0.1, 0.15) is 18.1 Å². The molecular formula is C27H37N7O5. The number of fused-ring (bicyclic) bond motifs is 10. The zero-order chi connectivity index (χ0) is 27.2. The second-order valence-corrected chi connectivity index (χ2v) is 10.4. The molecule has 39 heavy (non-hydrogen) atoms. The van der Waals surface area contributed by atoms with E-state index >= 15 is 0 Å². The van der Waals surface area contributed by atoms with Gasteiger partial charge in [-0.05, 0) is 31.2 Å². The molecule has 4 aliphatic heterocycles. The molecule has 4 aliphatic rings. The number of nitrogens with one attached hydrogen (secondary N) is 2. The number of piperidine rings is 1. The van der Waals surface area contributed by atoms with Gasteiger partial charge in [0.2, 0.25) is 17.7 Å². The lowest BCUT2D eigenvalue weighted by atomic mass is 9.95. The standard InChI is InChI=1S/C27H37N7O5/c1-19(35)33-11-12-38-13-14-39-25-4-2-3-22(31-25)26(36)30-21-15-23(34(17-21)18-24-28-7-8-29-24)27(37)32-9-5-20(16-33)6-10-32/h2-4,7-8,20-21,23H,5-6,9-18H2,1H3,(H,28,29)(H,30,36)/t21-,23+/m1/s1. The third-order valence-corrected chi connectivity index (χ3v) is 7.72. The first-order valence-corrected chi connectivity index (χ1v) is 13.7. The normalized spacial score (nSPS) is 25.6. The number of nitrogens with zero attached hydrogens (tertiary/aromatic N) is 5. The minimum Gasteiger partial charge on any atom is -0.475 e. The molecule has 12 heteroatoms. The van der Waals surface area contributed by atoms with Gasteiger partial charge in [-0.2, -0.15) is 0 Å². The Hall–Kier alpha value is -3.51. The second-order valence-electron chi connectivity index (χ2n) is 10.4. The maximum Gasteiger partial charge on any atom is 0.270 e. The van der Waals surface area contributed by atoms with E-state index in [-0.39, 0.29) is 42.1 Å². The molecular weight excluding hydrogens is 502 g/mol. The van der Waals surface area contributed by atoms with Crippen molar-refractivity contribution < 1.29 is 23.9 Å². The zero-order valence-corrected chi connectivity index (χ0v) is 22.4. The van der Waals surface area contributed by atoms with Crippen molar-refractivity contribution in [2.45, 2.75) is 44.8 Å². The van der Waals surface area contributed by atoms with Gasteiger partial charge in [-0.25, -0.2) is 9.97 Å². The molecule has 2 aromatic rings. The van der Waals surface area contributed by atoms with E-state index in [2.05, 4.69) is 25.2 Å². The molecule has 2 aromatic heterocycles. The summed E-state index contributed by atoms with van der Waals surface area (Å²) in [7, 11) is 0. The number of imidazole rings is 1. The Balaban J connectivity index is 1.34. The lowest BCUT2D eigenvalue weighted by Crippen LogP contribution is -2.49. The molecule has 0 aromatic carbocycles. The maximum absolute atomic E-state index is 13.7. The SMILES string of the molecule is CC(=O)N1CCOCCOc2cccc(n2)C(=O)N[C@@H]2C[C@@H](C(=O)N3CCC(CC3)C1)N(Cc1ncc[nH]1)C2. The zero-order valence-electron chi connectivity index (χ0n) is 22.4. The molecule has 6 heterocycles. The van der Waals surface area contributed by atoms with Crippen LogP contribution in [0.4, 0.5) is 0 Å². The van der Waals surface area contributed by atoms with Crippen molar-refractivity contribution in [2.24, 2.45) is 5.92 Å². The average molecular weight is 540 g/mol. The van der Waals surface area contributed by atoms with E-state index in [1.54, 1.807) is 37.5 Å². The van der Waals surface area contributed by atoms with Crippen LogP contribution in [0, 0.1) is 5.92 Å². The van der Waals surface area contributed by atoms with Crippen LogP contribution in [0.1, 0.15) is 42.5 Å². The Morgan fingerprint density at radius 2 is 1.95 bits per heavy atom. The average Bonchev–Trinajstić information content (AvgIpc) is 3.59. The summed E-state index contributed by atoms with van der Waals surface area (Å²) in [5, 5.41) is 3.07. The van der Waals surface area contributed by atoms with Gasteiger partial charge in [-0.3, -0.25) is 19.3 Å². The molecule has 0 saturated carbocycles. The van der Waals surface area contributed by atoms with Crippen LogP contribution in [-0.4, -0.2) is 112 Å². The minimum atomic E-state index is -0.362. The summed E-state index contributed by atoms with van der Waals surface area (Å²) in [5.41, 5.74) is 0.255. The first kappa shape index (κ1) is 27.1. The Morgan fingerprint density at radius 1 is 1.10 bits per heavy atom.